The van der Waals surface area contributed by atoms with Crippen molar-refractivity contribution in [3.63, 3.8) is 0 Å². The van der Waals surface area contributed by atoms with E-state index in [1.807, 2.05) is 20.8 Å². The van der Waals surface area contributed by atoms with Gasteiger partial charge >= 0.3 is 0 Å². The number of ketones is 2. The Balaban J connectivity index is 2.74. The zero-order valence-electron chi connectivity index (χ0n) is 10.9. The van der Waals surface area contributed by atoms with Crippen LogP contribution in [0.3, 0.4) is 0 Å². The second-order valence-corrected chi connectivity index (χ2v) is 6.36. The molecule has 0 aromatic carbocycles. The Morgan fingerprint density at radius 2 is 2.06 bits per heavy atom. The molecule has 0 saturated carbocycles. The zero-order chi connectivity index (χ0) is 13.9. The fourth-order valence-corrected chi connectivity index (χ4v) is 2.06. The van der Waals surface area contributed by atoms with Gasteiger partial charge in [-0.2, -0.15) is 0 Å². The van der Waals surface area contributed by atoms with Gasteiger partial charge in [0.2, 0.25) is 0 Å². The van der Waals surface area contributed by atoms with Crippen molar-refractivity contribution in [2.45, 2.75) is 33.6 Å². The molecule has 1 unspecified atom stereocenters. The van der Waals surface area contributed by atoms with Gasteiger partial charge < -0.3 is 4.55 Å². The molecule has 0 amide bonds. The number of Topliss-reactive ketones (excluding diaryl/α,β-unsaturated/α-hetero) is 1. The van der Waals surface area contributed by atoms with Gasteiger partial charge in [0.1, 0.15) is 0 Å². The van der Waals surface area contributed by atoms with Gasteiger partial charge in [-0.1, -0.05) is 32.4 Å². The van der Waals surface area contributed by atoms with Crippen LogP contribution in [0.1, 0.15) is 33.6 Å². The molecule has 1 atom stereocenters. The van der Waals surface area contributed by atoms with E-state index >= 15 is 0 Å². The van der Waals surface area contributed by atoms with Crippen LogP contribution in [0, 0.1) is 5.41 Å². The van der Waals surface area contributed by atoms with Crippen molar-refractivity contribution in [2.75, 3.05) is 5.75 Å². The van der Waals surface area contributed by atoms with Crippen molar-refractivity contribution in [1.82, 2.24) is 0 Å². The molecule has 0 heterocycles. The molecular formula is C13H18O4S. The van der Waals surface area contributed by atoms with Crippen LogP contribution in [0.4, 0.5) is 0 Å². The predicted molar refractivity (Wildman–Crippen MR) is 70.5 cm³/mol. The first-order chi connectivity index (χ1) is 8.21. The number of carbonyl (C=O) groups is 2. The fourth-order valence-electron chi connectivity index (χ4n) is 1.70. The van der Waals surface area contributed by atoms with E-state index in [0.717, 1.165) is 5.57 Å². The summed E-state index contributed by atoms with van der Waals surface area (Å²) in [5, 5.41) is 0. The molecule has 1 N–H and O–H groups in total. The molecule has 0 bridgehead atoms. The molecule has 4 nitrogen and oxygen atoms in total. The maximum Gasteiger partial charge on any atom is 0.189 e. The number of allylic oxidation sites excluding steroid dienone is 4. The third-order valence-electron chi connectivity index (χ3n) is 2.86. The van der Waals surface area contributed by atoms with E-state index in [1.165, 1.54) is 6.08 Å². The molecule has 1 aliphatic rings. The van der Waals surface area contributed by atoms with E-state index < -0.39 is 11.1 Å². The second kappa shape index (κ2) is 5.71. The molecule has 0 aromatic heterocycles. The summed E-state index contributed by atoms with van der Waals surface area (Å²) in [5.41, 5.74) is 1.05. The van der Waals surface area contributed by atoms with Crippen LogP contribution in [0.25, 0.3) is 0 Å². The first-order valence-corrected chi connectivity index (χ1v) is 7.05. The Labute approximate surface area is 109 Å². The Kier molecular flexibility index (Phi) is 4.76. The Morgan fingerprint density at radius 3 is 2.50 bits per heavy atom. The van der Waals surface area contributed by atoms with Gasteiger partial charge in [0.05, 0.1) is 11.3 Å². The van der Waals surface area contributed by atoms with Crippen molar-refractivity contribution in [1.29, 1.82) is 0 Å². The summed E-state index contributed by atoms with van der Waals surface area (Å²) >= 11 is -2.00. The van der Waals surface area contributed by atoms with Gasteiger partial charge in [-0.3, -0.25) is 9.59 Å². The van der Waals surface area contributed by atoms with Crippen molar-refractivity contribution in [3.05, 3.63) is 23.3 Å². The minimum atomic E-state index is -2.00. The first-order valence-electron chi connectivity index (χ1n) is 5.78. The van der Waals surface area contributed by atoms with Crippen LogP contribution >= 0.6 is 0 Å². The van der Waals surface area contributed by atoms with Crippen LogP contribution in [-0.4, -0.2) is 26.1 Å². The van der Waals surface area contributed by atoms with Crippen molar-refractivity contribution >= 4 is 22.6 Å². The molecule has 0 fully saturated rings. The van der Waals surface area contributed by atoms with Crippen LogP contribution in [-0.2, 0) is 20.7 Å². The van der Waals surface area contributed by atoms with Crippen molar-refractivity contribution in [2.24, 2.45) is 5.41 Å². The lowest BCUT2D eigenvalue weighted by Crippen LogP contribution is -2.20. The standard InChI is InChI=1S/C13H18O4S/c1-13(2,3)9-4-5-10(12(15)8-9)11(14)6-7-18(16)17/h5,8H,4,6-7H2,1-3H3,(H,16,17). The summed E-state index contributed by atoms with van der Waals surface area (Å²) in [7, 11) is 0. The minimum Gasteiger partial charge on any atom is -0.306 e. The smallest absolute Gasteiger partial charge is 0.189 e. The van der Waals surface area contributed by atoms with E-state index in [1.54, 1.807) is 6.08 Å². The highest BCUT2D eigenvalue weighted by Crippen LogP contribution is 2.31. The number of hydrogen-bond acceptors (Lipinski definition) is 3. The van der Waals surface area contributed by atoms with Gasteiger partial charge in [0.25, 0.3) is 0 Å². The summed E-state index contributed by atoms with van der Waals surface area (Å²) in [6, 6.07) is 0. The molecule has 1 rings (SSSR count). The molecule has 18 heavy (non-hydrogen) atoms. The van der Waals surface area contributed by atoms with E-state index in [0.29, 0.717) is 6.42 Å². The Bertz CT molecular complexity index is 452. The van der Waals surface area contributed by atoms with Crippen LogP contribution in [0.15, 0.2) is 23.3 Å². The molecule has 0 saturated heterocycles. The molecule has 0 radical (unpaired) electrons. The summed E-state index contributed by atoms with van der Waals surface area (Å²) in [4.78, 5) is 23.5. The minimum absolute atomic E-state index is 0.0701. The topological polar surface area (TPSA) is 71.4 Å². The lowest BCUT2D eigenvalue weighted by Gasteiger charge is -2.24. The molecule has 5 heteroatoms. The van der Waals surface area contributed by atoms with Gasteiger partial charge in [0, 0.05) is 6.42 Å². The second-order valence-electron chi connectivity index (χ2n) is 5.30. The lowest BCUT2D eigenvalue weighted by molar-refractivity contribution is -0.119. The van der Waals surface area contributed by atoms with E-state index in [9.17, 15) is 13.8 Å². The summed E-state index contributed by atoms with van der Waals surface area (Å²) in [6.07, 6.45) is 3.66. The van der Waals surface area contributed by atoms with Crippen LogP contribution in [0.2, 0.25) is 0 Å². The number of rotatable bonds is 4. The third kappa shape index (κ3) is 3.99. The van der Waals surface area contributed by atoms with E-state index in [-0.39, 0.29) is 34.7 Å². The van der Waals surface area contributed by atoms with Gasteiger partial charge in [-0.15, -0.1) is 0 Å². The monoisotopic (exact) mass is 270 g/mol. The zero-order valence-corrected chi connectivity index (χ0v) is 11.7. The largest absolute Gasteiger partial charge is 0.306 e. The highest BCUT2D eigenvalue weighted by molar-refractivity contribution is 7.79. The number of carbonyl (C=O) groups excluding carboxylic acids is 2. The SMILES string of the molecule is CC(C)(C)C1=CC(=O)C(C(=O)CCS(=O)O)=CC1. The molecule has 0 aliphatic heterocycles. The summed E-state index contributed by atoms with van der Waals surface area (Å²) in [6.45, 7) is 6.05. The first kappa shape index (κ1) is 15.0. The predicted octanol–water partition coefficient (Wildman–Crippen LogP) is 2.04. The van der Waals surface area contributed by atoms with E-state index in [2.05, 4.69) is 0 Å². The molecule has 1 aliphatic carbocycles. The maximum atomic E-state index is 11.8. The molecule has 0 spiro atoms. The van der Waals surface area contributed by atoms with Gasteiger partial charge in [-0.25, -0.2) is 4.21 Å². The van der Waals surface area contributed by atoms with E-state index in [4.69, 9.17) is 4.55 Å². The van der Waals surface area contributed by atoms with Crippen LogP contribution < -0.4 is 0 Å². The molecule has 0 aromatic rings. The molecular weight excluding hydrogens is 252 g/mol. The highest BCUT2D eigenvalue weighted by Gasteiger charge is 2.25. The van der Waals surface area contributed by atoms with Crippen molar-refractivity contribution in [3.8, 4) is 0 Å². The Morgan fingerprint density at radius 1 is 1.44 bits per heavy atom. The lowest BCUT2D eigenvalue weighted by atomic mass is 9.80. The Hall–Kier alpha value is -1.07. The molecule has 100 valence electrons. The summed E-state index contributed by atoms with van der Waals surface area (Å²) in [5.74, 6) is -0.772. The third-order valence-corrected chi connectivity index (χ3v) is 3.42. The quantitative estimate of drug-likeness (QED) is 0.627. The van der Waals surface area contributed by atoms with Crippen molar-refractivity contribution < 1.29 is 18.4 Å². The number of hydrogen-bond donors (Lipinski definition) is 1. The van der Waals surface area contributed by atoms with Gasteiger partial charge in [-0.05, 0) is 17.9 Å². The fraction of sp³-hybridized carbons (Fsp3) is 0.538. The highest BCUT2D eigenvalue weighted by atomic mass is 32.2. The average Bonchev–Trinajstić information content (AvgIpc) is 2.24. The average molecular weight is 270 g/mol. The summed E-state index contributed by atoms with van der Waals surface area (Å²) < 4.78 is 19.1. The normalized spacial score (nSPS) is 18.1. The van der Waals surface area contributed by atoms with Gasteiger partial charge in [0.15, 0.2) is 22.6 Å². The van der Waals surface area contributed by atoms with Crippen LogP contribution in [0.5, 0.6) is 0 Å². The maximum absolute atomic E-state index is 11.8.